The van der Waals surface area contributed by atoms with E-state index in [4.69, 9.17) is 5.73 Å². The monoisotopic (exact) mass is 277 g/mol. The molecule has 8 heteroatoms. The first-order chi connectivity index (χ1) is 9.56. The maximum absolute atomic E-state index is 11.9. The third kappa shape index (κ3) is 2.13. The minimum absolute atomic E-state index is 0.0462. The summed E-state index contributed by atoms with van der Waals surface area (Å²) in [7, 11) is 0. The van der Waals surface area contributed by atoms with Crippen LogP contribution in [0.15, 0.2) is 33.9 Å². The summed E-state index contributed by atoms with van der Waals surface area (Å²) in [4.78, 5) is 19.9. The highest BCUT2D eigenvalue weighted by molar-refractivity contribution is 6.19. The summed E-state index contributed by atoms with van der Waals surface area (Å²) in [5.41, 5.74) is 6.21. The lowest BCUT2D eigenvalue weighted by atomic mass is 9.98. The third-order valence-electron chi connectivity index (χ3n) is 3.52. The SMILES string of the molecule is NC1=NC2=NC=C(CNC3C=CC(O)C3O)C2C(=O)N1. The Morgan fingerprint density at radius 1 is 1.40 bits per heavy atom. The van der Waals surface area contributed by atoms with Crippen molar-refractivity contribution in [2.24, 2.45) is 21.6 Å². The molecule has 0 saturated heterocycles. The van der Waals surface area contributed by atoms with E-state index in [9.17, 15) is 15.0 Å². The molecule has 4 unspecified atom stereocenters. The molecule has 3 rings (SSSR count). The number of guanidine groups is 1. The molecule has 20 heavy (non-hydrogen) atoms. The number of nitrogens with zero attached hydrogens (tertiary/aromatic N) is 2. The molecular weight excluding hydrogens is 262 g/mol. The molecule has 0 saturated carbocycles. The van der Waals surface area contributed by atoms with Crippen LogP contribution >= 0.6 is 0 Å². The van der Waals surface area contributed by atoms with Gasteiger partial charge in [0.25, 0.3) is 0 Å². The summed E-state index contributed by atoms with van der Waals surface area (Å²) in [5, 5.41) is 24.6. The third-order valence-corrected chi connectivity index (χ3v) is 3.52. The minimum atomic E-state index is -0.883. The number of nitrogens with two attached hydrogens (primary N) is 1. The molecular formula is C12H15N5O3. The molecule has 2 aliphatic heterocycles. The van der Waals surface area contributed by atoms with Gasteiger partial charge in [-0.2, -0.15) is 4.99 Å². The maximum atomic E-state index is 11.9. The standard InChI is InChI=1S/C12H15N5O3/c13-12-16-10-8(11(20)17-12)5(4-15-10)3-14-6-1-2-7(18)9(6)19/h1-2,4,6-9,14,18-19H,3H2,(H3,13,15,16,17,20). The fourth-order valence-corrected chi connectivity index (χ4v) is 2.44. The molecule has 0 aromatic carbocycles. The first kappa shape index (κ1) is 13.0. The number of carbonyl (C=O) groups is 1. The lowest BCUT2D eigenvalue weighted by Gasteiger charge is -2.22. The number of aliphatic imine (C=N–C) groups is 2. The van der Waals surface area contributed by atoms with Gasteiger partial charge in [0.15, 0.2) is 0 Å². The summed E-state index contributed by atoms with van der Waals surface area (Å²) in [5.74, 6) is -0.373. The topological polar surface area (TPSA) is 132 Å². The van der Waals surface area contributed by atoms with Crippen molar-refractivity contribution in [3.05, 3.63) is 23.9 Å². The second-order valence-electron chi connectivity index (χ2n) is 4.88. The number of hydrogen-bond acceptors (Lipinski definition) is 7. The van der Waals surface area contributed by atoms with E-state index in [-0.39, 0.29) is 17.9 Å². The fourth-order valence-electron chi connectivity index (χ4n) is 2.44. The van der Waals surface area contributed by atoms with Gasteiger partial charge in [0.05, 0.1) is 12.1 Å². The Kier molecular flexibility index (Phi) is 3.13. The van der Waals surface area contributed by atoms with Crippen LogP contribution in [0.5, 0.6) is 0 Å². The van der Waals surface area contributed by atoms with Gasteiger partial charge in [0.2, 0.25) is 11.9 Å². The normalized spacial score (nSPS) is 35.3. The first-order valence-corrected chi connectivity index (χ1v) is 6.26. The van der Waals surface area contributed by atoms with Crippen LogP contribution in [0.25, 0.3) is 0 Å². The summed E-state index contributed by atoms with van der Waals surface area (Å²) in [6, 6.07) is -0.352. The second kappa shape index (κ2) is 4.82. The van der Waals surface area contributed by atoms with Gasteiger partial charge in [-0.15, -0.1) is 0 Å². The van der Waals surface area contributed by atoms with Crippen molar-refractivity contribution in [1.29, 1.82) is 0 Å². The quantitative estimate of drug-likeness (QED) is 0.367. The largest absolute Gasteiger partial charge is 0.388 e. The van der Waals surface area contributed by atoms with Crippen molar-refractivity contribution in [3.63, 3.8) is 0 Å². The molecule has 3 aliphatic rings. The average molecular weight is 277 g/mol. The second-order valence-corrected chi connectivity index (χ2v) is 4.88. The Labute approximate surface area is 114 Å². The fraction of sp³-hybridized carbons (Fsp3) is 0.417. The summed E-state index contributed by atoms with van der Waals surface area (Å²) < 4.78 is 0. The lowest BCUT2D eigenvalue weighted by molar-refractivity contribution is -0.120. The van der Waals surface area contributed by atoms with E-state index in [1.165, 1.54) is 6.08 Å². The molecule has 1 amide bonds. The molecule has 0 aromatic heterocycles. The molecule has 8 nitrogen and oxygen atoms in total. The predicted octanol–water partition coefficient (Wildman–Crippen LogP) is -2.41. The van der Waals surface area contributed by atoms with Gasteiger partial charge in [0, 0.05) is 12.7 Å². The average Bonchev–Trinajstić information content (AvgIpc) is 2.93. The molecule has 6 N–H and O–H groups in total. The lowest BCUT2D eigenvalue weighted by Crippen LogP contribution is -2.49. The van der Waals surface area contributed by atoms with E-state index in [1.54, 1.807) is 12.3 Å². The van der Waals surface area contributed by atoms with Crippen LogP contribution in [-0.2, 0) is 4.79 Å². The van der Waals surface area contributed by atoms with Crippen LogP contribution in [0.1, 0.15) is 0 Å². The highest BCUT2D eigenvalue weighted by atomic mass is 16.3. The number of nitrogens with one attached hydrogen (secondary N) is 2. The smallest absolute Gasteiger partial charge is 0.241 e. The van der Waals surface area contributed by atoms with Gasteiger partial charge in [-0.1, -0.05) is 12.2 Å². The highest BCUT2D eigenvalue weighted by Crippen LogP contribution is 2.23. The molecule has 1 aliphatic carbocycles. The summed E-state index contributed by atoms with van der Waals surface area (Å²) in [6.07, 6.45) is 3.07. The molecule has 2 heterocycles. The molecule has 0 aromatic rings. The zero-order valence-electron chi connectivity index (χ0n) is 10.5. The Balaban J connectivity index is 1.64. The number of hydrogen-bond donors (Lipinski definition) is 5. The number of rotatable bonds is 3. The number of carbonyl (C=O) groups excluding carboxylic acids is 1. The number of aliphatic hydroxyl groups excluding tert-OH is 2. The number of fused-ring (bicyclic) bond motifs is 1. The van der Waals surface area contributed by atoms with Gasteiger partial charge >= 0.3 is 0 Å². The van der Waals surface area contributed by atoms with Crippen molar-refractivity contribution in [2.75, 3.05) is 6.54 Å². The molecule has 106 valence electrons. The Hall–Kier alpha value is -2.03. The Bertz CT molecular complexity index is 565. The van der Waals surface area contributed by atoms with E-state index in [1.807, 2.05) is 0 Å². The van der Waals surface area contributed by atoms with Gasteiger partial charge < -0.3 is 21.3 Å². The highest BCUT2D eigenvalue weighted by Gasteiger charge is 2.36. The van der Waals surface area contributed by atoms with Crippen molar-refractivity contribution >= 4 is 17.7 Å². The Morgan fingerprint density at radius 2 is 2.20 bits per heavy atom. The molecule has 0 bridgehead atoms. The van der Waals surface area contributed by atoms with E-state index in [2.05, 4.69) is 20.6 Å². The zero-order valence-corrected chi connectivity index (χ0v) is 10.5. The van der Waals surface area contributed by atoms with Crippen LogP contribution in [0.4, 0.5) is 0 Å². The number of amides is 1. The van der Waals surface area contributed by atoms with Crippen molar-refractivity contribution in [2.45, 2.75) is 18.2 Å². The van der Waals surface area contributed by atoms with Crippen LogP contribution < -0.4 is 16.4 Å². The zero-order chi connectivity index (χ0) is 14.3. The van der Waals surface area contributed by atoms with E-state index in [0.29, 0.717) is 12.4 Å². The van der Waals surface area contributed by atoms with Crippen LogP contribution in [0, 0.1) is 5.92 Å². The van der Waals surface area contributed by atoms with E-state index < -0.39 is 18.1 Å². The van der Waals surface area contributed by atoms with E-state index >= 15 is 0 Å². The minimum Gasteiger partial charge on any atom is -0.388 e. The van der Waals surface area contributed by atoms with Crippen LogP contribution in [0.3, 0.4) is 0 Å². The number of aliphatic hydroxyl groups is 2. The number of amidine groups is 1. The van der Waals surface area contributed by atoms with Gasteiger partial charge in [-0.25, -0.2) is 4.99 Å². The van der Waals surface area contributed by atoms with Crippen LogP contribution in [0.2, 0.25) is 0 Å². The van der Waals surface area contributed by atoms with Crippen molar-refractivity contribution in [3.8, 4) is 0 Å². The Morgan fingerprint density at radius 3 is 2.90 bits per heavy atom. The maximum Gasteiger partial charge on any atom is 0.241 e. The van der Waals surface area contributed by atoms with Crippen LogP contribution in [-0.4, -0.2) is 52.7 Å². The van der Waals surface area contributed by atoms with Gasteiger partial charge in [-0.3, -0.25) is 10.1 Å². The molecule has 0 spiro atoms. The van der Waals surface area contributed by atoms with E-state index in [0.717, 1.165) is 5.57 Å². The van der Waals surface area contributed by atoms with Gasteiger partial charge in [0.1, 0.15) is 17.9 Å². The molecule has 0 fully saturated rings. The van der Waals surface area contributed by atoms with Crippen molar-refractivity contribution < 1.29 is 15.0 Å². The predicted molar refractivity (Wildman–Crippen MR) is 71.7 cm³/mol. The summed E-state index contributed by atoms with van der Waals surface area (Å²) >= 11 is 0. The molecule has 0 radical (unpaired) electrons. The molecule has 4 atom stereocenters. The summed E-state index contributed by atoms with van der Waals surface area (Å²) in [6.45, 7) is 0.360. The van der Waals surface area contributed by atoms with Gasteiger partial charge in [-0.05, 0) is 5.57 Å². The first-order valence-electron chi connectivity index (χ1n) is 6.26. The van der Waals surface area contributed by atoms with Crippen molar-refractivity contribution in [1.82, 2.24) is 10.6 Å².